The maximum absolute atomic E-state index is 12.5. The summed E-state index contributed by atoms with van der Waals surface area (Å²) in [5.41, 5.74) is 0.573. The van der Waals surface area contributed by atoms with Gasteiger partial charge in [0.2, 0.25) is 0 Å². The van der Waals surface area contributed by atoms with Gasteiger partial charge in [-0.25, -0.2) is 0 Å². The molecule has 0 radical (unpaired) electrons. The second-order valence-electron chi connectivity index (χ2n) is 5.56. The molecule has 1 fully saturated rings. The maximum Gasteiger partial charge on any atom is 0.305 e. The fourth-order valence-corrected chi connectivity index (χ4v) is 2.17. The molecule has 5 nitrogen and oxygen atoms in total. The number of hydrogen-bond acceptors (Lipinski definition) is 3. The molecule has 1 N–H and O–H groups in total. The van der Waals surface area contributed by atoms with E-state index < -0.39 is 5.97 Å². The van der Waals surface area contributed by atoms with E-state index in [1.807, 2.05) is 13.8 Å². The maximum atomic E-state index is 12.5. The molecule has 1 aromatic rings. The van der Waals surface area contributed by atoms with Crippen LogP contribution in [-0.4, -0.2) is 40.6 Å². The molecule has 1 aromatic carbocycles. The summed E-state index contributed by atoms with van der Waals surface area (Å²) < 4.78 is 5.55. The van der Waals surface area contributed by atoms with Crippen LogP contribution in [0.15, 0.2) is 24.3 Å². The monoisotopic (exact) mass is 291 g/mol. The van der Waals surface area contributed by atoms with Gasteiger partial charge in [-0.05, 0) is 51.0 Å². The zero-order valence-electron chi connectivity index (χ0n) is 12.4. The van der Waals surface area contributed by atoms with Crippen LogP contribution < -0.4 is 4.74 Å². The standard InChI is InChI=1S/C16H21NO4/c1-11(2)21-14-7-3-12(4-8-14)16(20)17(13-5-6-13)10-9-15(18)19/h3-4,7-8,11,13H,5-6,9-10H2,1-2H3,(H,18,19). The third kappa shape index (κ3) is 4.48. The van der Waals surface area contributed by atoms with E-state index in [2.05, 4.69) is 0 Å². The molecule has 5 heteroatoms. The molecule has 0 unspecified atom stereocenters. The van der Waals surface area contributed by atoms with Gasteiger partial charge in [0.05, 0.1) is 12.5 Å². The van der Waals surface area contributed by atoms with Crippen LogP contribution >= 0.6 is 0 Å². The van der Waals surface area contributed by atoms with Gasteiger partial charge in [-0.1, -0.05) is 0 Å². The van der Waals surface area contributed by atoms with Crippen LogP contribution in [0.5, 0.6) is 5.75 Å². The smallest absolute Gasteiger partial charge is 0.305 e. The lowest BCUT2D eigenvalue weighted by molar-refractivity contribution is -0.137. The summed E-state index contributed by atoms with van der Waals surface area (Å²) in [6, 6.07) is 7.21. The number of carbonyl (C=O) groups is 2. The number of ether oxygens (including phenoxy) is 1. The Morgan fingerprint density at radius 1 is 1.29 bits per heavy atom. The fourth-order valence-electron chi connectivity index (χ4n) is 2.17. The van der Waals surface area contributed by atoms with Crippen LogP contribution in [0, 0.1) is 0 Å². The second kappa shape index (κ2) is 6.61. The number of hydrogen-bond donors (Lipinski definition) is 1. The Bertz CT molecular complexity index is 506. The molecule has 1 amide bonds. The van der Waals surface area contributed by atoms with Crippen molar-refractivity contribution in [2.75, 3.05) is 6.54 Å². The SMILES string of the molecule is CC(C)Oc1ccc(C(=O)N(CCC(=O)O)C2CC2)cc1. The lowest BCUT2D eigenvalue weighted by Crippen LogP contribution is -2.34. The number of benzene rings is 1. The van der Waals surface area contributed by atoms with E-state index in [0.717, 1.165) is 18.6 Å². The van der Waals surface area contributed by atoms with E-state index in [0.29, 0.717) is 5.56 Å². The lowest BCUT2D eigenvalue weighted by Gasteiger charge is -2.22. The fraction of sp³-hybridized carbons (Fsp3) is 0.500. The number of carboxylic acid groups (broad SMARTS) is 1. The van der Waals surface area contributed by atoms with Crippen LogP contribution in [0.4, 0.5) is 0 Å². The van der Waals surface area contributed by atoms with E-state index in [1.165, 1.54) is 0 Å². The number of rotatable bonds is 7. The van der Waals surface area contributed by atoms with E-state index in [9.17, 15) is 9.59 Å². The molecule has 0 heterocycles. The van der Waals surface area contributed by atoms with Crippen molar-refractivity contribution >= 4 is 11.9 Å². The third-order valence-corrected chi connectivity index (χ3v) is 3.29. The summed E-state index contributed by atoms with van der Waals surface area (Å²) >= 11 is 0. The third-order valence-electron chi connectivity index (χ3n) is 3.29. The molecule has 21 heavy (non-hydrogen) atoms. The van der Waals surface area contributed by atoms with Crippen LogP contribution in [-0.2, 0) is 4.79 Å². The highest BCUT2D eigenvalue weighted by molar-refractivity contribution is 5.95. The quantitative estimate of drug-likeness (QED) is 0.838. The molecule has 0 aromatic heterocycles. The van der Waals surface area contributed by atoms with Gasteiger partial charge in [0.15, 0.2) is 0 Å². The van der Waals surface area contributed by atoms with Gasteiger partial charge in [0, 0.05) is 18.2 Å². The van der Waals surface area contributed by atoms with E-state index in [4.69, 9.17) is 9.84 Å². The molecular weight excluding hydrogens is 270 g/mol. The highest BCUT2D eigenvalue weighted by Gasteiger charge is 2.33. The lowest BCUT2D eigenvalue weighted by atomic mass is 10.2. The number of nitrogens with zero attached hydrogens (tertiary/aromatic N) is 1. The minimum atomic E-state index is -0.880. The number of amides is 1. The zero-order chi connectivity index (χ0) is 15.4. The van der Waals surface area contributed by atoms with Gasteiger partial charge < -0.3 is 14.7 Å². The van der Waals surface area contributed by atoms with Crippen LogP contribution in [0.25, 0.3) is 0 Å². The van der Waals surface area contributed by atoms with Gasteiger partial charge in [-0.15, -0.1) is 0 Å². The molecule has 114 valence electrons. The molecule has 0 atom stereocenters. The molecule has 1 saturated carbocycles. The van der Waals surface area contributed by atoms with Crippen molar-refractivity contribution in [3.63, 3.8) is 0 Å². The zero-order valence-corrected chi connectivity index (χ0v) is 12.4. The molecule has 0 spiro atoms. The Balaban J connectivity index is 2.04. The van der Waals surface area contributed by atoms with Crippen molar-refractivity contribution in [2.45, 2.75) is 45.3 Å². The summed E-state index contributed by atoms with van der Waals surface area (Å²) in [5.74, 6) is -0.256. The first kappa shape index (κ1) is 15.4. The van der Waals surface area contributed by atoms with E-state index >= 15 is 0 Å². The average molecular weight is 291 g/mol. The van der Waals surface area contributed by atoms with Crippen molar-refractivity contribution in [1.29, 1.82) is 0 Å². The van der Waals surface area contributed by atoms with Gasteiger partial charge in [-0.3, -0.25) is 9.59 Å². The summed E-state index contributed by atoms with van der Waals surface area (Å²) in [6.45, 7) is 4.16. The van der Waals surface area contributed by atoms with Crippen molar-refractivity contribution in [3.8, 4) is 5.75 Å². The molecule has 0 bridgehead atoms. The molecule has 1 aliphatic rings. The average Bonchev–Trinajstić information content (AvgIpc) is 3.23. The van der Waals surface area contributed by atoms with Crippen molar-refractivity contribution in [3.05, 3.63) is 29.8 Å². The Morgan fingerprint density at radius 2 is 1.90 bits per heavy atom. The van der Waals surface area contributed by atoms with Gasteiger partial charge in [0.25, 0.3) is 5.91 Å². The van der Waals surface area contributed by atoms with Crippen molar-refractivity contribution in [1.82, 2.24) is 4.90 Å². The first-order valence-corrected chi connectivity index (χ1v) is 7.27. The van der Waals surface area contributed by atoms with E-state index in [1.54, 1.807) is 29.2 Å². The first-order chi connectivity index (χ1) is 9.97. The molecule has 0 aliphatic heterocycles. The van der Waals surface area contributed by atoms with Crippen molar-refractivity contribution in [2.24, 2.45) is 0 Å². The highest BCUT2D eigenvalue weighted by Crippen LogP contribution is 2.28. The summed E-state index contributed by atoms with van der Waals surface area (Å²) in [7, 11) is 0. The van der Waals surface area contributed by atoms with Gasteiger partial charge in [-0.2, -0.15) is 0 Å². The predicted octanol–water partition coefficient (Wildman–Crippen LogP) is 2.55. The Kier molecular flexibility index (Phi) is 4.83. The molecule has 0 saturated heterocycles. The largest absolute Gasteiger partial charge is 0.491 e. The molecular formula is C16H21NO4. The normalized spacial score (nSPS) is 14.0. The first-order valence-electron chi connectivity index (χ1n) is 7.27. The minimum Gasteiger partial charge on any atom is -0.491 e. The number of carbonyl (C=O) groups excluding carboxylic acids is 1. The Labute approximate surface area is 124 Å². The van der Waals surface area contributed by atoms with Crippen LogP contribution in [0.1, 0.15) is 43.5 Å². The molecule has 1 aliphatic carbocycles. The van der Waals surface area contributed by atoms with Crippen LogP contribution in [0.2, 0.25) is 0 Å². The van der Waals surface area contributed by atoms with Gasteiger partial charge in [0.1, 0.15) is 5.75 Å². The number of aliphatic carboxylic acids is 1. The Morgan fingerprint density at radius 3 is 2.38 bits per heavy atom. The van der Waals surface area contributed by atoms with Crippen LogP contribution in [0.3, 0.4) is 0 Å². The van der Waals surface area contributed by atoms with Gasteiger partial charge >= 0.3 is 5.97 Å². The molecule has 2 rings (SSSR count). The summed E-state index contributed by atoms with van der Waals surface area (Å²) in [6.07, 6.45) is 1.99. The number of carboxylic acids is 1. The highest BCUT2D eigenvalue weighted by atomic mass is 16.5. The van der Waals surface area contributed by atoms with Crippen molar-refractivity contribution < 1.29 is 19.4 Å². The summed E-state index contributed by atoms with van der Waals surface area (Å²) in [4.78, 5) is 24.8. The topological polar surface area (TPSA) is 66.8 Å². The van der Waals surface area contributed by atoms with E-state index in [-0.39, 0.29) is 31.0 Å². The minimum absolute atomic E-state index is 0.0171. The second-order valence-corrected chi connectivity index (χ2v) is 5.56. The summed E-state index contributed by atoms with van der Waals surface area (Å²) in [5, 5.41) is 8.78. The predicted molar refractivity (Wildman–Crippen MR) is 78.5 cm³/mol. The Hall–Kier alpha value is -2.04.